The molecule has 12 rings (SSSR count). The molecule has 3 aliphatic heterocycles. The zero-order valence-corrected chi connectivity index (χ0v) is 47.3. The predicted molar refractivity (Wildman–Crippen MR) is 322 cm³/mol. The minimum Gasteiger partial charge on any atom is -0.494 e. The summed E-state index contributed by atoms with van der Waals surface area (Å²) in [4.78, 5) is 8.51. The second-order valence-corrected chi connectivity index (χ2v) is 22.6. The summed E-state index contributed by atoms with van der Waals surface area (Å²) in [6.45, 7) is 11.6. The fraction of sp³-hybridized carbons (Fsp3) is 0.273. The molecule has 6 heterocycles. The largest absolute Gasteiger partial charge is 0.494 e. The van der Waals surface area contributed by atoms with E-state index in [4.69, 9.17) is 42.6 Å². The Morgan fingerprint density at radius 2 is 0.506 bits per heavy atom. The maximum atomic E-state index is 6.38. The Labute approximate surface area is 474 Å². The quantitative estimate of drug-likeness (QED) is 0.0649. The molecule has 3 aliphatic rings. The van der Waals surface area contributed by atoms with E-state index in [2.05, 4.69) is 135 Å². The van der Waals surface area contributed by atoms with Crippen LogP contribution in [0.15, 0.2) is 146 Å². The highest BCUT2D eigenvalue weighted by Gasteiger charge is 2.30. The molecule has 3 aromatic heterocycles. The van der Waals surface area contributed by atoms with Gasteiger partial charge >= 0.3 is 0 Å². The van der Waals surface area contributed by atoms with Crippen LogP contribution in [0.2, 0.25) is 0 Å². The molecule has 0 unspecified atom stereocenters. The number of unbranched alkanes of at least 4 members (excludes halogenated alkanes) is 3. The van der Waals surface area contributed by atoms with E-state index in [9.17, 15) is 0 Å². The highest BCUT2D eigenvalue weighted by atomic mass is 32.1. The van der Waals surface area contributed by atoms with Gasteiger partial charge in [-0.3, -0.25) is 0 Å². The second kappa shape index (κ2) is 24.2. The van der Waals surface area contributed by atoms with Crippen molar-refractivity contribution in [1.82, 2.24) is 0 Å². The molecule has 0 atom stereocenters. The maximum absolute atomic E-state index is 6.38. The lowest BCUT2D eigenvalue weighted by atomic mass is 10.1. The monoisotopic (exact) mass is 1110 g/mol. The first-order chi connectivity index (χ1) is 39.0. The van der Waals surface area contributed by atoms with E-state index in [0.717, 1.165) is 170 Å². The number of thiophene rings is 3. The van der Waals surface area contributed by atoms with Gasteiger partial charge in [0.2, 0.25) is 0 Å². The normalized spacial score (nSPS) is 13.3. The molecule has 0 saturated carbocycles. The van der Waals surface area contributed by atoms with Gasteiger partial charge in [-0.15, -0.1) is 34.0 Å². The van der Waals surface area contributed by atoms with Gasteiger partial charge in [0.1, 0.15) is 56.9 Å². The number of hydrogen-bond acceptors (Lipinski definition) is 13. The number of rotatable bonds is 21. The third-order valence-corrected chi connectivity index (χ3v) is 17.8. The summed E-state index contributed by atoms with van der Waals surface area (Å²) in [7, 11) is 0. The summed E-state index contributed by atoms with van der Waals surface area (Å²) in [6, 6.07) is 51.2. The van der Waals surface area contributed by atoms with Gasteiger partial charge in [0.15, 0.2) is 34.5 Å². The van der Waals surface area contributed by atoms with Gasteiger partial charge < -0.3 is 47.5 Å². The van der Waals surface area contributed by atoms with Crippen molar-refractivity contribution in [1.29, 1.82) is 0 Å². The summed E-state index contributed by atoms with van der Waals surface area (Å²) in [5.74, 6) is 7.33. The van der Waals surface area contributed by atoms with Gasteiger partial charge in [0, 0.05) is 17.1 Å². The Balaban J connectivity index is 0.883. The highest BCUT2D eigenvalue weighted by molar-refractivity contribution is 7.20. The van der Waals surface area contributed by atoms with Crippen molar-refractivity contribution >= 4 is 51.1 Å². The van der Waals surface area contributed by atoms with E-state index in [-0.39, 0.29) is 0 Å². The van der Waals surface area contributed by atoms with Crippen LogP contribution >= 0.6 is 34.0 Å². The zero-order chi connectivity index (χ0) is 53.5. The number of ether oxygens (including phenoxy) is 9. The van der Waals surface area contributed by atoms with Crippen molar-refractivity contribution in [2.75, 3.05) is 64.4 Å². The summed E-state index contributed by atoms with van der Waals surface area (Å²) < 4.78 is 56.1. The SMILES string of the molecule is CCCCOc1ccc(-c2sc(-c3ccc(N(c4ccc(-c5sc(-c6ccc(OCCCC)cc6)c6c5OCCO6)cc4)c4ccc(-c5sc(-c6ccc(OCCCC)cc6)c6c5OCCO6)cc4)cc3)c3c2OCCO3)cc1. The molecule has 79 heavy (non-hydrogen) atoms. The lowest BCUT2D eigenvalue weighted by molar-refractivity contribution is 0.175. The van der Waals surface area contributed by atoms with Crippen molar-refractivity contribution in [3.63, 3.8) is 0 Å². The van der Waals surface area contributed by atoms with Crippen LogP contribution in [0.1, 0.15) is 59.3 Å². The highest BCUT2D eigenvalue weighted by Crippen LogP contribution is 2.57. The Hall–Kier alpha value is -7.58. The fourth-order valence-electron chi connectivity index (χ4n) is 9.84. The Morgan fingerprint density at radius 1 is 0.304 bits per heavy atom. The average molecular weight is 1110 g/mol. The minimum absolute atomic E-state index is 0.491. The third kappa shape index (κ3) is 11.1. The fourth-order valence-corrected chi connectivity index (χ4v) is 13.4. The van der Waals surface area contributed by atoms with E-state index in [1.807, 2.05) is 36.4 Å². The van der Waals surface area contributed by atoms with Crippen LogP contribution in [0.25, 0.3) is 62.6 Å². The van der Waals surface area contributed by atoms with Gasteiger partial charge in [-0.25, -0.2) is 0 Å². The Kier molecular flexibility index (Phi) is 16.0. The molecule has 404 valence electrons. The van der Waals surface area contributed by atoms with Crippen LogP contribution in [0.4, 0.5) is 17.1 Å². The predicted octanol–water partition coefficient (Wildman–Crippen LogP) is 18.2. The van der Waals surface area contributed by atoms with Crippen molar-refractivity contribution in [3.8, 4) is 114 Å². The first-order valence-corrected chi connectivity index (χ1v) is 30.1. The molecular weight excluding hydrogens is 1050 g/mol. The molecule has 0 spiro atoms. The summed E-state index contributed by atoms with van der Waals surface area (Å²) in [5.41, 5.74) is 9.32. The molecule has 6 aromatic carbocycles. The van der Waals surface area contributed by atoms with Crippen LogP contribution in [-0.2, 0) is 0 Å². The molecule has 9 aromatic rings. The molecule has 0 saturated heterocycles. The number of nitrogens with zero attached hydrogens (tertiary/aromatic N) is 1. The molecule has 0 radical (unpaired) electrons. The van der Waals surface area contributed by atoms with E-state index < -0.39 is 0 Å². The maximum Gasteiger partial charge on any atom is 0.180 e. The summed E-state index contributed by atoms with van der Waals surface area (Å²) in [5, 5.41) is 0. The Morgan fingerprint density at radius 3 is 0.709 bits per heavy atom. The van der Waals surface area contributed by atoms with Gasteiger partial charge in [0.05, 0.1) is 49.1 Å². The van der Waals surface area contributed by atoms with Crippen molar-refractivity contribution in [3.05, 3.63) is 146 Å². The van der Waals surface area contributed by atoms with Crippen LogP contribution in [-0.4, -0.2) is 59.5 Å². The average Bonchev–Trinajstić information content (AvgIpc) is 4.37. The van der Waals surface area contributed by atoms with Gasteiger partial charge in [0.25, 0.3) is 0 Å². The molecule has 0 amide bonds. The van der Waals surface area contributed by atoms with E-state index in [1.54, 1.807) is 34.0 Å². The lowest BCUT2D eigenvalue weighted by Gasteiger charge is -2.26. The van der Waals surface area contributed by atoms with Crippen molar-refractivity contribution in [2.24, 2.45) is 0 Å². The number of fused-ring (bicyclic) bond motifs is 3. The molecule has 13 heteroatoms. The standard InChI is InChI=1S/C66H63NO9S3/c1-4-7-34-68-52-28-16-46(17-29-52)64-58-55(71-37-40-74-58)61(77-64)43-10-22-49(23-11-43)67(50-24-12-44(13-25-50)62-56-59(75-41-38-72-56)65(78-62)47-18-30-53(31-19-47)69-35-8-5-2)51-26-14-45(15-27-51)63-57-60(76-42-39-73-57)66(79-63)48-20-32-54(33-21-48)70-36-9-6-3/h10-33H,4-9,34-42H2,1-3H3. The van der Waals surface area contributed by atoms with Gasteiger partial charge in [-0.2, -0.15) is 0 Å². The third-order valence-electron chi connectivity index (χ3n) is 14.0. The Bertz CT molecular complexity index is 3110. The van der Waals surface area contributed by atoms with Gasteiger partial charge in [-0.1, -0.05) is 76.4 Å². The van der Waals surface area contributed by atoms with Crippen LogP contribution < -0.4 is 47.5 Å². The molecule has 10 nitrogen and oxygen atoms in total. The number of hydrogen-bond donors (Lipinski definition) is 0. The first kappa shape index (κ1) is 52.1. The minimum atomic E-state index is 0.491. The van der Waals surface area contributed by atoms with Crippen molar-refractivity contribution < 1.29 is 42.6 Å². The molecule has 0 N–H and O–H groups in total. The number of anilines is 3. The topological polar surface area (TPSA) is 86.3 Å². The van der Waals surface area contributed by atoms with E-state index in [0.29, 0.717) is 59.5 Å². The summed E-state index contributed by atoms with van der Waals surface area (Å²) >= 11 is 5.07. The second-order valence-electron chi connectivity index (χ2n) is 19.5. The van der Waals surface area contributed by atoms with Crippen LogP contribution in [0, 0.1) is 0 Å². The smallest absolute Gasteiger partial charge is 0.180 e. The molecule has 0 bridgehead atoms. The summed E-state index contributed by atoms with van der Waals surface area (Å²) in [6.07, 6.45) is 6.35. The number of benzene rings is 6. The van der Waals surface area contributed by atoms with Crippen LogP contribution in [0.5, 0.6) is 51.7 Å². The molecule has 0 fully saturated rings. The molecular formula is C66H63NO9S3. The van der Waals surface area contributed by atoms with Crippen molar-refractivity contribution in [2.45, 2.75) is 59.3 Å². The van der Waals surface area contributed by atoms with Crippen LogP contribution in [0.3, 0.4) is 0 Å². The van der Waals surface area contributed by atoms with Gasteiger partial charge in [-0.05, 0) is 162 Å². The van der Waals surface area contributed by atoms with E-state index >= 15 is 0 Å². The zero-order valence-electron chi connectivity index (χ0n) is 44.8. The first-order valence-electron chi connectivity index (χ1n) is 27.6. The lowest BCUT2D eigenvalue weighted by Crippen LogP contribution is -2.15. The molecule has 0 aliphatic carbocycles. The van der Waals surface area contributed by atoms with E-state index in [1.165, 1.54) is 0 Å².